The van der Waals surface area contributed by atoms with Crippen LogP contribution in [-0.2, 0) is 16.1 Å². The SMILES string of the molecule is CCOC(=O)c1c(OCc2ccccc2)c(=O)ccn1NC(=O)OC(C)(C)C. The quantitative estimate of drug-likeness (QED) is 0.764. The Morgan fingerprint density at radius 1 is 1.11 bits per heavy atom. The van der Waals surface area contributed by atoms with Crippen LogP contribution in [0.5, 0.6) is 5.75 Å². The molecule has 1 N–H and O–H groups in total. The summed E-state index contributed by atoms with van der Waals surface area (Å²) in [7, 11) is 0. The summed E-state index contributed by atoms with van der Waals surface area (Å²) in [6.07, 6.45) is 0.448. The second-order valence-corrected chi connectivity index (χ2v) is 6.84. The molecule has 0 unspecified atom stereocenters. The van der Waals surface area contributed by atoms with Crippen molar-refractivity contribution in [3.8, 4) is 5.75 Å². The van der Waals surface area contributed by atoms with E-state index in [4.69, 9.17) is 14.2 Å². The number of carbonyl (C=O) groups excluding carboxylic acids is 2. The summed E-state index contributed by atoms with van der Waals surface area (Å²) in [5, 5.41) is 0. The first kappa shape index (κ1) is 21.0. The number of benzene rings is 1. The van der Waals surface area contributed by atoms with Crippen LogP contribution >= 0.6 is 0 Å². The number of nitrogens with zero attached hydrogens (tertiary/aromatic N) is 1. The normalized spacial score (nSPS) is 10.9. The first-order chi connectivity index (χ1) is 13.2. The predicted molar refractivity (Wildman–Crippen MR) is 103 cm³/mol. The smallest absolute Gasteiger partial charge is 0.426 e. The third-order valence-electron chi connectivity index (χ3n) is 3.36. The molecule has 1 amide bonds. The predicted octanol–water partition coefficient (Wildman–Crippen LogP) is 3.08. The Kier molecular flexibility index (Phi) is 6.81. The molecule has 0 spiro atoms. The van der Waals surface area contributed by atoms with E-state index in [1.807, 2.05) is 30.3 Å². The first-order valence-electron chi connectivity index (χ1n) is 8.80. The average Bonchev–Trinajstić information content (AvgIpc) is 2.61. The van der Waals surface area contributed by atoms with Gasteiger partial charge in [-0.1, -0.05) is 30.3 Å². The zero-order valence-electron chi connectivity index (χ0n) is 16.4. The first-order valence-corrected chi connectivity index (χ1v) is 8.80. The topological polar surface area (TPSA) is 95.9 Å². The van der Waals surface area contributed by atoms with Gasteiger partial charge in [-0.25, -0.2) is 19.7 Å². The second-order valence-electron chi connectivity index (χ2n) is 6.84. The molecule has 0 saturated heterocycles. The van der Waals surface area contributed by atoms with Gasteiger partial charge in [-0.2, -0.15) is 0 Å². The zero-order chi connectivity index (χ0) is 20.7. The van der Waals surface area contributed by atoms with Crippen LogP contribution in [0, 0.1) is 0 Å². The Morgan fingerprint density at radius 3 is 2.39 bits per heavy atom. The minimum Gasteiger partial charge on any atom is -0.482 e. The van der Waals surface area contributed by atoms with Crippen molar-refractivity contribution < 1.29 is 23.8 Å². The fourth-order valence-corrected chi connectivity index (χ4v) is 2.27. The van der Waals surface area contributed by atoms with Gasteiger partial charge in [0, 0.05) is 12.3 Å². The van der Waals surface area contributed by atoms with Gasteiger partial charge in [0.05, 0.1) is 6.61 Å². The summed E-state index contributed by atoms with van der Waals surface area (Å²) >= 11 is 0. The lowest BCUT2D eigenvalue weighted by molar-refractivity contribution is 0.0505. The van der Waals surface area contributed by atoms with Gasteiger partial charge in [0.1, 0.15) is 12.2 Å². The summed E-state index contributed by atoms with van der Waals surface area (Å²) in [6.45, 7) is 6.91. The lowest BCUT2D eigenvalue weighted by Gasteiger charge is -2.22. The highest BCUT2D eigenvalue weighted by molar-refractivity contribution is 5.91. The van der Waals surface area contributed by atoms with E-state index in [9.17, 15) is 14.4 Å². The number of esters is 1. The summed E-state index contributed by atoms with van der Waals surface area (Å²) < 4.78 is 16.9. The number of ether oxygens (including phenoxy) is 3. The van der Waals surface area contributed by atoms with Crippen LogP contribution in [-0.4, -0.2) is 28.9 Å². The summed E-state index contributed by atoms with van der Waals surface area (Å²) in [5.74, 6) is -1.03. The minimum absolute atomic E-state index is 0.0684. The highest BCUT2D eigenvalue weighted by Crippen LogP contribution is 2.17. The fourth-order valence-electron chi connectivity index (χ4n) is 2.27. The van der Waals surface area contributed by atoms with Crippen LogP contribution in [0.15, 0.2) is 47.4 Å². The van der Waals surface area contributed by atoms with E-state index >= 15 is 0 Å². The summed E-state index contributed by atoms with van der Waals surface area (Å²) in [4.78, 5) is 36.9. The van der Waals surface area contributed by atoms with Crippen LogP contribution < -0.4 is 15.6 Å². The molecule has 2 rings (SSSR count). The highest BCUT2D eigenvalue weighted by atomic mass is 16.6. The maximum absolute atomic E-state index is 12.5. The van der Waals surface area contributed by atoms with E-state index in [1.54, 1.807) is 27.7 Å². The van der Waals surface area contributed by atoms with Crippen molar-refractivity contribution in [2.75, 3.05) is 12.0 Å². The number of amides is 1. The summed E-state index contributed by atoms with van der Waals surface area (Å²) in [5.41, 5.74) is 1.75. The van der Waals surface area contributed by atoms with Gasteiger partial charge in [-0.15, -0.1) is 0 Å². The van der Waals surface area contributed by atoms with Crippen LogP contribution in [0.25, 0.3) is 0 Å². The Labute approximate surface area is 163 Å². The maximum Gasteiger partial charge on any atom is 0.426 e. The Hall–Kier alpha value is -3.29. The van der Waals surface area contributed by atoms with E-state index < -0.39 is 23.1 Å². The zero-order valence-corrected chi connectivity index (χ0v) is 16.4. The molecule has 0 fully saturated rings. The van der Waals surface area contributed by atoms with Crippen molar-refractivity contribution in [1.82, 2.24) is 4.68 Å². The summed E-state index contributed by atoms with van der Waals surface area (Å²) in [6, 6.07) is 10.3. The molecule has 28 heavy (non-hydrogen) atoms. The number of rotatable bonds is 6. The van der Waals surface area contributed by atoms with E-state index in [1.165, 1.54) is 12.3 Å². The number of hydrogen-bond acceptors (Lipinski definition) is 6. The third kappa shape index (κ3) is 5.87. The van der Waals surface area contributed by atoms with Gasteiger partial charge < -0.3 is 14.2 Å². The molecule has 1 heterocycles. The van der Waals surface area contributed by atoms with Gasteiger partial charge in [0.15, 0.2) is 11.4 Å². The van der Waals surface area contributed by atoms with Gasteiger partial charge in [-0.05, 0) is 33.3 Å². The number of pyridine rings is 1. The number of nitrogens with one attached hydrogen (secondary N) is 1. The van der Waals surface area contributed by atoms with Gasteiger partial charge in [0.25, 0.3) is 0 Å². The molecule has 0 bridgehead atoms. The standard InChI is InChI=1S/C20H24N2O6/c1-5-26-18(24)16-17(27-13-14-9-7-6-8-10-14)15(23)11-12-22(16)21-19(25)28-20(2,3)4/h6-12H,5,13H2,1-4H3,(H,21,25). The van der Waals surface area contributed by atoms with Crippen LogP contribution in [0.4, 0.5) is 4.79 Å². The fraction of sp³-hybridized carbons (Fsp3) is 0.350. The molecule has 0 radical (unpaired) electrons. The largest absolute Gasteiger partial charge is 0.482 e. The molecule has 0 atom stereocenters. The number of carbonyl (C=O) groups is 2. The molecule has 150 valence electrons. The molecule has 1 aromatic carbocycles. The van der Waals surface area contributed by atoms with Crippen molar-refractivity contribution in [2.45, 2.75) is 39.9 Å². The third-order valence-corrected chi connectivity index (χ3v) is 3.36. The molecule has 8 nitrogen and oxygen atoms in total. The van der Waals surface area contributed by atoms with Crippen LogP contribution in [0.1, 0.15) is 43.7 Å². The average molecular weight is 388 g/mol. The monoisotopic (exact) mass is 388 g/mol. The van der Waals surface area contributed by atoms with Crippen molar-refractivity contribution in [3.63, 3.8) is 0 Å². The second kappa shape index (κ2) is 9.07. The molecule has 0 saturated carbocycles. The van der Waals surface area contributed by atoms with E-state index in [0.29, 0.717) is 0 Å². The van der Waals surface area contributed by atoms with Crippen LogP contribution in [0.3, 0.4) is 0 Å². The molecule has 0 aliphatic heterocycles. The van der Waals surface area contributed by atoms with Crippen molar-refractivity contribution in [2.24, 2.45) is 0 Å². The molecule has 2 aromatic rings. The molecule has 0 aliphatic carbocycles. The van der Waals surface area contributed by atoms with Crippen molar-refractivity contribution >= 4 is 12.1 Å². The Bertz CT molecular complexity index is 884. The molecular formula is C20H24N2O6. The van der Waals surface area contributed by atoms with Gasteiger partial charge in [-0.3, -0.25) is 4.79 Å². The lowest BCUT2D eigenvalue weighted by atomic mass is 10.2. The Morgan fingerprint density at radius 2 is 1.79 bits per heavy atom. The van der Waals surface area contributed by atoms with Gasteiger partial charge >= 0.3 is 12.1 Å². The molecule has 1 aromatic heterocycles. The molecular weight excluding hydrogens is 364 g/mol. The Balaban J connectivity index is 2.37. The highest BCUT2D eigenvalue weighted by Gasteiger charge is 2.24. The van der Waals surface area contributed by atoms with Crippen molar-refractivity contribution in [1.29, 1.82) is 0 Å². The number of hydrogen-bond donors (Lipinski definition) is 1. The molecule has 0 aliphatic rings. The maximum atomic E-state index is 12.5. The lowest BCUT2D eigenvalue weighted by Crippen LogP contribution is -2.34. The van der Waals surface area contributed by atoms with E-state index in [0.717, 1.165) is 10.2 Å². The van der Waals surface area contributed by atoms with Crippen molar-refractivity contribution in [3.05, 3.63) is 64.1 Å². The minimum atomic E-state index is -0.806. The van der Waals surface area contributed by atoms with Gasteiger partial charge in [0.2, 0.25) is 5.43 Å². The van der Waals surface area contributed by atoms with E-state index in [2.05, 4.69) is 5.43 Å². The van der Waals surface area contributed by atoms with E-state index in [-0.39, 0.29) is 24.7 Å². The van der Waals surface area contributed by atoms with Crippen LogP contribution in [0.2, 0.25) is 0 Å². The molecule has 8 heteroatoms. The number of aromatic nitrogens is 1.